The van der Waals surface area contributed by atoms with Crippen molar-refractivity contribution in [3.63, 3.8) is 0 Å². The third kappa shape index (κ3) is 4.08. The summed E-state index contributed by atoms with van der Waals surface area (Å²) in [5.41, 5.74) is 3.87. The first-order chi connectivity index (χ1) is 14.7. The summed E-state index contributed by atoms with van der Waals surface area (Å²) in [4.78, 5) is 24.7. The highest BCUT2D eigenvalue weighted by Crippen LogP contribution is 2.28. The number of rotatable bonds is 6. The molecule has 148 valence electrons. The zero-order chi connectivity index (χ0) is 20.3. The molecule has 0 aliphatic carbocycles. The van der Waals surface area contributed by atoms with Crippen molar-refractivity contribution in [1.82, 2.24) is 15.0 Å². The van der Waals surface area contributed by atoms with Crippen LogP contribution in [0.1, 0.15) is 6.42 Å². The van der Waals surface area contributed by atoms with Crippen molar-refractivity contribution in [2.75, 3.05) is 11.1 Å². The second-order valence-corrected chi connectivity index (χ2v) is 8.75. The monoisotopic (exact) mass is 430 g/mol. The molecule has 0 fully saturated rings. The number of thiazole rings is 1. The maximum absolute atomic E-state index is 12.3. The average Bonchev–Trinajstić information content (AvgIpc) is 3.40. The van der Waals surface area contributed by atoms with Crippen LogP contribution in [0, 0.1) is 0 Å². The molecular formula is C23H18N4OS2. The first-order valence-corrected chi connectivity index (χ1v) is 11.4. The number of nitrogens with zero attached hydrogens (tertiary/aromatic N) is 2. The molecule has 2 N–H and O–H groups in total. The number of anilines is 1. The van der Waals surface area contributed by atoms with Crippen molar-refractivity contribution in [1.29, 1.82) is 0 Å². The zero-order valence-corrected chi connectivity index (χ0v) is 17.6. The van der Waals surface area contributed by atoms with Gasteiger partial charge in [-0.1, -0.05) is 60.3 Å². The molecule has 0 radical (unpaired) electrons. The topological polar surface area (TPSA) is 70.7 Å². The fraction of sp³-hybridized carbons (Fsp3) is 0.0870. The Labute approximate surface area is 181 Å². The molecule has 5 nitrogen and oxygen atoms in total. The van der Waals surface area contributed by atoms with Gasteiger partial charge < -0.3 is 10.3 Å². The number of imidazole rings is 1. The third-order valence-electron chi connectivity index (χ3n) is 4.73. The van der Waals surface area contributed by atoms with Crippen LogP contribution in [0.25, 0.3) is 33.1 Å². The van der Waals surface area contributed by atoms with Crippen LogP contribution in [0.4, 0.5) is 5.13 Å². The Morgan fingerprint density at radius 1 is 1.00 bits per heavy atom. The van der Waals surface area contributed by atoms with E-state index in [1.165, 1.54) is 22.1 Å². The molecule has 0 saturated carbocycles. The van der Waals surface area contributed by atoms with Crippen LogP contribution >= 0.6 is 23.1 Å². The Hall–Kier alpha value is -3.16. The third-order valence-corrected chi connectivity index (χ3v) is 6.36. The van der Waals surface area contributed by atoms with E-state index in [1.807, 2.05) is 41.8 Å². The number of thioether (sulfide) groups is 1. The van der Waals surface area contributed by atoms with Crippen LogP contribution in [-0.2, 0) is 4.79 Å². The lowest BCUT2D eigenvalue weighted by Crippen LogP contribution is -2.11. The number of aromatic amines is 1. The Bertz CT molecular complexity index is 1310. The van der Waals surface area contributed by atoms with E-state index in [9.17, 15) is 4.79 Å². The Morgan fingerprint density at radius 2 is 1.83 bits per heavy atom. The molecular weight excluding hydrogens is 412 g/mol. The number of benzene rings is 3. The smallest absolute Gasteiger partial charge is 0.226 e. The van der Waals surface area contributed by atoms with Crippen LogP contribution in [0.3, 0.4) is 0 Å². The normalized spacial score (nSPS) is 11.2. The average molecular weight is 431 g/mol. The van der Waals surface area contributed by atoms with E-state index in [0.717, 1.165) is 27.4 Å². The van der Waals surface area contributed by atoms with Gasteiger partial charge in [-0.05, 0) is 29.0 Å². The van der Waals surface area contributed by atoms with Gasteiger partial charge in [0.25, 0.3) is 0 Å². The Kier molecular flexibility index (Phi) is 5.21. The summed E-state index contributed by atoms with van der Waals surface area (Å²) >= 11 is 2.99. The molecule has 7 heteroatoms. The van der Waals surface area contributed by atoms with E-state index in [4.69, 9.17) is 0 Å². The van der Waals surface area contributed by atoms with Crippen LogP contribution in [0.15, 0.2) is 77.3 Å². The first kappa shape index (κ1) is 18.8. The second-order valence-electron chi connectivity index (χ2n) is 6.81. The number of hydrogen-bond donors (Lipinski definition) is 2. The van der Waals surface area contributed by atoms with E-state index < -0.39 is 0 Å². The van der Waals surface area contributed by atoms with Crippen molar-refractivity contribution in [3.05, 3.63) is 72.1 Å². The Morgan fingerprint density at radius 3 is 2.73 bits per heavy atom. The molecule has 0 bridgehead atoms. The minimum Gasteiger partial charge on any atom is -0.333 e. The highest BCUT2D eigenvalue weighted by molar-refractivity contribution is 7.99. The summed E-state index contributed by atoms with van der Waals surface area (Å²) < 4.78 is 0. The van der Waals surface area contributed by atoms with Gasteiger partial charge in [0.05, 0.1) is 16.7 Å². The molecule has 30 heavy (non-hydrogen) atoms. The molecule has 0 spiro atoms. The van der Waals surface area contributed by atoms with E-state index in [-0.39, 0.29) is 5.91 Å². The summed E-state index contributed by atoms with van der Waals surface area (Å²) in [5, 5.41) is 8.71. The molecule has 5 aromatic rings. The van der Waals surface area contributed by atoms with Gasteiger partial charge in [0, 0.05) is 23.1 Å². The van der Waals surface area contributed by atoms with E-state index in [1.54, 1.807) is 11.8 Å². The molecule has 2 heterocycles. The minimum atomic E-state index is -0.0435. The fourth-order valence-corrected chi connectivity index (χ4v) is 4.79. The van der Waals surface area contributed by atoms with Gasteiger partial charge >= 0.3 is 0 Å². The van der Waals surface area contributed by atoms with Gasteiger partial charge in [0.1, 0.15) is 0 Å². The number of fused-ring (bicyclic) bond motifs is 2. The summed E-state index contributed by atoms with van der Waals surface area (Å²) in [7, 11) is 0. The molecule has 2 aromatic heterocycles. The predicted octanol–water partition coefficient (Wildman–Crippen LogP) is 5.96. The van der Waals surface area contributed by atoms with Crippen molar-refractivity contribution < 1.29 is 4.79 Å². The Balaban J connectivity index is 1.18. The van der Waals surface area contributed by atoms with Gasteiger partial charge in [0.15, 0.2) is 10.3 Å². The summed E-state index contributed by atoms with van der Waals surface area (Å²) in [6.07, 6.45) is 0.395. The lowest BCUT2D eigenvalue weighted by molar-refractivity contribution is -0.115. The summed E-state index contributed by atoms with van der Waals surface area (Å²) in [5.74, 6) is 0.604. The van der Waals surface area contributed by atoms with Gasteiger partial charge in [-0.3, -0.25) is 4.79 Å². The van der Waals surface area contributed by atoms with Gasteiger partial charge in [-0.2, -0.15) is 0 Å². The molecule has 0 atom stereocenters. The summed E-state index contributed by atoms with van der Waals surface area (Å²) in [6.45, 7) is 0. The van der Waals surface area contributed by atoms with Crippen molar-refractivity contribution >= 4 is 55.9 Å². The number of aromatic nitrogens is 3. The maximum Gasteiger partial charge on any atom is 0.226 e. The largest absolute Gasteiger partial charge is 0.333 e. The molecule has 0 aliphatic rings. The maximum atomic E-state index is 12.3. The van der Waals surface area contributed by atoms with Crippen molar-refractivity contribution in [3.8, 4) is 11.3 Å². The van der Waals surface area contributed by atoms with Crippen LogP contribution in [-0.4, -0.2) is 26.6 Å². The molecule has 0 unspecified atom stereocenters. The number of H-pyrrole nitrogens is 1. The minimum absolute atomic E-state index is 0.0435. The van der Waals surface area contributed by atoms with Crippen LogP contribution in [0.2, 0.25) is 0 Å². The number of carbonyl (C=O) groups excluding carboxylic acids is 1. The van der Waals surface area contributed by atoms with Gasteiger partial charge in [0.2, 0.25) is 5.91 Å². The van der Waals surface area contributed by atoms with Crippen LogP contribution in [0.5, 0.6) is 0 Å². The number of carbonyl (C=O) groups is 1. The molecule has 1 amide bonds. The quantitative estimate of drug-likeness (QED) is 0.326. The molecule has 3 aromatic carbocycles. The highest BCUT2D eigenvalue weighted by atomic mass is 32.2. The molecule has 0 saturated heterocycles. The first-order valence-electron chi connectivity index (χ1n) is 9.57. The van der Waals surface area contributed by atoms with Gasteiger partial charge in [-0.25, -0.2) is 9.97 Å². The van der Waals surface area contributed by atoms with E-state index in [0.29, 0.717) is 17.3 Å². The summed E-state index contributed by atoms with van der Waals surface area (Å²) in [6, 6.07) is 22.4. The lowest BCUT2D eigenvalue weighted by Gasteiger charge is -2.02. The zero-order valence-electron chi connectivity index (χ0n) is 16.0. The second kappa shape index (κ2) is 8.30. The molecule has 0 aliphatic heterocycles. The number of para-hydroxylation sites is 2. The van der Waals surface area contributed by atoms with E-state index >= 15 is 0 Å². The van der Waals surface area contributed by atoms with Gasteiger partial charge in [-0.15, -0.1) is 11.3 Å². The molecule has 5 rings (SSSR count). The van der Waals surface area contributed by atoms with Crippen molar-refractivity contribution in [2.24, 2.45) is 0 Å². The SMILES string of the molecule is O=C(CCSc1nc2ccccc2[nH]1)Nc1nc(-c2ccc3ccccc3c2)cs1. The number of hydrogen-bond acceptors (Lipinski definition) is 5. The van der Waals surface area contributed by atoms with E-state index in [2.05, 4.69) is 50.6 Å². The lowest BCUT2D eigenvalue weighted by atomic mass is 10.1. The number of nitrogens with one attached hydrogen (secondary N) is 2. The predicted molar refractivity (Wildman–Crippen MR) is 125 cm³/mol. The van der Waals surface area contributed by atoms with Crippen molar-refractivity contribution in [2.45, 2.75) is 11.6 Å². The standard InChI is InChI=1S/C23H18N4OS2/c28-21(11-12-29-22-24-18-7-3-4-8-19(18)25-22)27-23-26-20(14-30-23)17-10-9-15-5-1-2-6-16(15)13-17/h1-10,13-14H,11-12H2,(H,24,25)(H,26,27,28). The van der Waals surface area contributed by atoms with Crippen LogP contribution < -0.4 is 5.32 Å². The number of amides is 1. The fourth-order valence-electron chi connectivity index (χ4n) is 3.23. The highest BCUT2D eigenvalue weighted by Gasteiger charge is 2.10.